The lowest BCUT2D eigenvalue weighted by atomic mass is 10.2. The number of anilines is 1. The number of carbonyl (C=O) groups is 1. The first kappa shape index (κ1) is 27.6. The van der Waals surface area contributed by atoms with Crippen LogP contribution in [-0.4, -0.2) is 43.6 Å². The minimum absolute atomic E-state index is 0.110. The number of hydrogen-bond donors (Lipinski definition) is 1. The van der Waals surface area contributed by atoms with E-state index in [-0.39, 0.29) is 16.6 Å². The van der Waals surface area contributed by atoms with Crippen LogP contribution in [0.25, 0.3) is 0 Å². The normalized spacial score (nSPS) is 12.2. The van der Waals surface area contributed by atoms with Crippen molar-refractivity contribution < 1.29 is 53.4 Å². The Morgan fingerprint density at radius 3 is 2.30 bits per heavy atom. The number of sulfone groups is 1. The Morgan fingerprint density at radius 1 is 1.00 bits per heavy atom. The van der Waals surface area contributed by atoms with Gasteiger partial charge in [-0.25, -0.2) is 12.8 Å². The van der Waals surface area contributed by atoms with E-state index in [9.17, 15) is 43.9 Å². The van der Waals surface area contributed by atoms with E-state index < -0.39 is 69.2 Å². The van der Waals surface area contributed by atoms with E-state index in [0.29, 0.717) is 6.07 Å². The number of hydrogen-bond acceptors (Lipinski definition) is 7. The predicted molar refractivity (Wildman–Crippen MR) is 113 cm³/mol. The van der Waals surface area contributed by atoms with E-state index in [2.05, 4.69) is 20.3 Å². The molecule has 0 fully saturated rings. The van der Waals surface area contributed by atoms with Crippen LogP contribution in [-0.2, 0) is 16.0 Å². The van der Waals surface area contributed by atoms with Gasteiger partial charge in [0.1, 0.15) is 11.3 Å². The fourth-order valence-electron chi connectivity index (χ4n) is 2.68. The number of aromatic nitrogens is 2. The quantitative estimate of drug-likeness (QED) is 0.410. The number of benzene rings is 2. The molecule has 0 unspecified atom stereocenters. The monoisotopic (exact) mass is 553 g/mol. The molecule has 3 aromatic rings. The zero-order chi connectivity index (χ0) is 27.6. The van der Waals surface area contributed by atoms with Crippen LogP contribution in [0.4, 0.5) is 36.4 Å². The van der Waals surface area contributed by atoms with Crippen LogP contribution in [0.3, 0.4) is 0 Å². The first-order chi connectivity index (χ1) is 17.0. The van der Waals surface area contributed by atoms with Gasteiger partial charge in [-0.05, 0) is 36.4 Å². The van der Waals surface area contributed by atoms with E-state index in [1.54, 1.807) is 0 Å². The Balaban J connectivity index is 1.93. The van der Waals surface area contributed by atoms with Crippen LogP contribution in [0.2, 0.25) is 0 Å². The summed E-state index contributed by atoms with van der Waals surface area (Å²) in [6.45, 7) is -1.71. The van der Waals surface area contributed by atoms with Crippen molar-refractivity contribution in [2.45, 2.75) is 17.2 Å². The van der Waals surface area contributed by atoms with Gasteiger partial charge in [-0.15, -0.1) is 10.2 Å². The van der Waals surface area contributed by atoms with Gasteiger partial charge in [0.25, 0.3) is 11.8 Å². The largest absolute Gasteiger partial charge is 0.484 e. The Kier molecular flexibility index (Phi) is 7.62. The first-order valence-corrected chi connectivity index (χ1v) is 11.7. The maximum absolute atomic E-state index is 14.4. The standard InChI is InChI=1S/C21H14F7N3O5S/c1-37(33,34)13-4-2-3-11(7-13)29-18(32)14-9-17(21(26,27)28)30-31-19(14)36-16-6-5-12(8-15(16)22)35-10-20(23,24)25/h2-9H,10H2,1H3,(H,29,32). The second kappa shape index (κ2) is 10.2. The topological polar surface area (TPSA) is 107 Å². The Hall–Kier alpha value is -3.95. The Morgan fingerprint density at radius 2 is 1.70 bits per heavy atom. The van der Waals surface area contributed by atoms with Crippen molar-refractivity contribution in [3.8, 4) is 17.4 Å². The molecular formula is C21H14F7N3O5S. The van der Waals surface area contributed by atoms with Crippen molar-refractivity contribution in [2.24, 2.45) is 0 Å². The smallest absolute Gasteiger partial charge is 0.435 e. The molecule has 37 heavy (non-hydrogen) atoms. The molecule has 198 valence electrons. The molecule has 1 aromatic heterocycles. The first-order valence-electron chi connectivity index (χ1n) is 9.76. The van der Waals surface area contributed by atoms with Crippen molar-refractivity contribution >= 4 is 21.4 Å². The number of nitrogens with zero attached hydrogens (tertiary/aromatic N) is 2. The van der Waals surface area contributed by atoms with Gasteiger partial charge in [0.05, 0.1) is 4.90 Å². The number of carbonyl (C=O) groups excluding carboxylic acids is 1. The Bertz CT molecular complexity index is 1430. The van der Waals surface area contributed by atoms with Crippen molar-refractivity contribution in [1.82, 2.24) is 10.2 Å². The van der Waals surface area contributed by atoms with Crippen molar-refractivity contribution in [3.05, 3.63) is 65.6 Å². The second-order valence-corrected chi connectivity index (χ2v) is 9.31. The maximum Gasteiger partial charge on any atom is 0.435 e. The molecular weight excluding hydrogens is 539 g/mol. The molecule has 8 nitrogen and oxygen atoms in total. The molecule has 1 amide bonds. The number of alkyl halides is 6. The van der Waals surface area contributed by atoms with E-state index in [0.717, 1.165) is 24.5 Å². The molecule has 0 saturated heterocycles. The number of nitrogens with one attached hydrogen (secondary N) is 1. The lowest BCUT2D eigenvalue weighted by Gasteiger charge is -2.14. The van der Waals surface area contributed by atoms with Crippen LogP contribution in [0.1, 0.15) is 16.1 Å². The molecule has 16 heteroatoms. The molecule has 0 bridgehead atoms. The minimum atomic E-state index is -5.03. The average molecular weight is 553 g/mol. The summed E-state index contributed by atoms with van der Waals surface area (Å²) in [4.78, 5) is 12.6. The maximum atomic E-state index is 14.4. The van der Waals surface area contributed by atoms with E-state index in [4.69, 9.17) is 4.74 Å². The van der Waals surface area contributed by atoms with Crippen LogP contribution >= 0.6 is 0 Å². The van der Waals surface area contributed by atoms with E-state index in [1.165, 1.54) is 18.2 Å². The highest BCUT2D eigenvalue weighted by molar-refractivity contribution is 7.90. The number of ether oxygens (including phenoxy) is 2. The Labute approximate surface area is 204 Å². The van der Waals surface area contributed by atoms with Crippen LogP contribution < -0.4 is 14.8 Å². The molecule has 0 aliphatic rings. The predicted octanol–water partition coefficient (Wildman–Crippen LogP) is 5.02. The van der Waals surface area contributed by atoms with Crippen LogP contribution in [0.15, 0.2) is 53.4 Å². The third-order valence-electron chi connectivity index (χ3n) is 4.33. The molecule has 2 aromatic carbocycles. The molecule has 0 radical (unpaired) electrons. The molecule has 0 atom stereocenters. The number of rotatable bonds is 7. The van der Waals surface area contributed by atoms with Crippen molar-refractivity contribution in [3.63, 3.8) is 0 Å². The van der Waals surface area contributed by atoms with Gasteiger partial charge in [0.2, 0.25) is 0 Å². The number of halogens is 7. The zero-order valence-electron chi connectivity index (χ0n) is 18.3. The average Bonchev–Trinajstić information content (AvgIpc) is 2.78. The van der Waals surface area contributed by atoms with Gasteiger partial charge in [0, 0.05) is 18.0 Å². The highest BCUT2D eigenvalue weighted by atomic mass is 32.2. The second-order valence-electron chi connectivity index (χ2n) is 7.30. The van der Waals surface area contributed by atoms with E-state index >= 15 is 0 Å². The van der Waals surface area contributed by atoms with Gasteiger partial charge < -0.3 is 14.8 Å². The molecule has 3 rings (SSSR count). The van der Waals surface area contributed by atoms with Gasteiger partial charge >= 0.3 is 12.4 Å². The number of amides is 1. The van der Waals surface area contributed by atoms with E-state index in [1.807, 2.05) is 0 Å². The van der Waals surface area contributed by atoms with Gasteiger partial charge in [-0.3, -0.25) is 4.79 Å². The summed E-state index contributed by atoms with van der Waals surface area (Å²) in [7, 11) is -3.68. The fourth-order valence-corrected chi connectivity index (χ4v) is 3.35. The SMILES string of the molecule is CS(=O)(=O)c1cccc(NC(=O)c2cc(C(F)(F)F)nnc2Oc2ccc(OCC(F)(F)F)cc2F)c1. The van der Waals surface area contributed by atoms with Gasteiger partial charge in [0.15, 0.2) is 33.7 Å². The molecule has 0 aliphatic heterocycles. The lowest BCUT2D eigenvalue weighted by Crippen LogP contribution is -2.19. The summed E-state index contributed by atoms with van der Waals surface area (Å²) in [5.74, 6) is -4.65. The summed E-state index contributed by atoms with van der Waals surface area (Å²) in [5.41, 5.74) is -2.56. The highest BCUT2D eigenvalue weighted by Gasteiger charge is 2.35. The molecule has 1 N–H and O–H groups in total. The summed E-state index contributed by atoms with van der Waals surface area (Å²) in [5, 5.41) is 8.30. The van der Waals surface area contributed by atoms with Crippen LogP contribution in [0.5, 0.6) is 17.4 Å². The third-order valence-corrected chi connectivity index (χ3v) is 5.44. The molecule has 0 saturated carbocycles. The lowest BCUT2D eigenvalue weighted by molar-refractivity contribution is -0.153. The summed E-state index contributed by atoms with van der Waals surface area (Å²) in [6, 6.07) is 7.28. The van der Waals surface area contributed by atoms with Gasteiger partial charge in [-0.2, -0.15) is 26.3 Å². The molecule has 0 aliphatic carbocycles. The fraction of sp³-hybridized carbons (Fsp3) is 0.190. The minimum Gasteiger partial charge on any atom is -0.484 e. The molecule has 0 spiro atoms. The summed E-state index contributed by atoms with van der Waals surface area (Å²) < 4.78 is 124. The zero-order valence-corrected chi connectivity index (χ0v) is 19.1. The van der Waals surface area contributed by atoms with Crippen LogP contribution in [0, 0.1) is 5.82 Å². The third kappa shape index (κ3) is 7.52. The highest BCUT2D eigenvalue weighted by Crippen LogP contribution is 2.33. The van der Waals surface area contributed by atoms with Crippen molar-refractivity contribution in [1.29, 1.82) is 0 Å². The van der Waals surface area contributed by atoms with Gasteiger partial charge in [-0.1, -0.05) is 6.07 Å². The summed E-state index contributed by atoms with van der Waals surface area (Å²) >= 11 is 0. The summed E-state index contributed by atoms with van der Waals surface area (Å²) in [6.07, 6.45) is -8.82. The van der Waals surface area contributed by atoms with Crippen molar-refractivity contribution in [2.75, 3.05) is 18.2 Å². The molecule has 1 heterocycles.